The zero-order valence-corrected chi connectivity index (χ0v) is 21.1. The number of fused-ring (bicyclic) bond motifs is 1. The van der Waals surface area contributed by atoms with E-state index in [1.807, 2.05) is 7.05 Å². The summed E-state index contributed by atoms with van der Waals surface area (Å²) in [7, 11) is -1.69. The molecule has 2 aliphatic heterocycles. The van der Waals surface area contributed by atoms with Gasteiger partial charge in [-0.25, -0.2) is 8.42 Å². The van der Waals surface area contributed by atoms with Gasteiger partial charge in [0.15, 0.2) is 0 Å². The molecule has 3 N–H and O–H groups in total. The number of hydrogen-bond donors (Lipinski definition) is 3. The van der Waals surface area contributed by atoms with Gasteiger partial charge in [0, 0.05) is 43.5 Å². The first-order valence-electron chi connectivity index (χ1n) is 11.1. The fourth-order valence-electron chi connectivity index (χ4n) is 3.96. The molecule has 0 saturated carbocycles. The summed E-state index contributed by atoms with van der Waals surface area (Å²) in [5.74, 6) is -1.40. The molecule has 11 nitrogen and oxygen atoms in total. The van der Waals surface area contributed by atoms with Gasteiger partial charge >= 0.3 is 0 Å². The number of carbonyl (C=O) groups excluding carboxylic acids is 3. The van der Waals surface area contributed by atoms with E-state index in [0.717, 1.165) is 17.0 Å². The number of morpholine rings is 1. The van der Waals surface area contributed by atoms with Gasteiger partial charge in [-0.05, 0) is 43.3 Å². The number of nitrogens with zero attached hydrogens (tertiary/aromatic N) is 2. The fourth-order valence-corrected chi connectivity index (χ4v) is 6.68. The Hall–Kier alpha value is -2.84. The van der Waals surface area contributed by atoms with Crippen LogP contribution in [0.15, 0.2) is 29.2 Å². The Morgan fingerprint density at radius 1 is 1.00 bits per heavy atom. The second kappa shape index (κ2) is 10.4. The quantitative estimate of drug-likeness (QED) is 0.495. The molecule has 0 aliphatic carbocycles. The number of nitrogens with one attached hydrogen (secondary N) is 3. The van der Waals surface area contributed by atoms with E-state index in [4.69, 9.17) is 4.74 Å². The third-order valence-corrected chi connectivity index (χ3v) is 8.82. The highest BCUT2D eigenvalue weighted by Crippen LogP contribution is 2.37. The van der Waals surface area contributed by atoms with Crippen molar-refractivity contribution in [3.8, 4) is 0 Å². The Balaban J connectivity index is 1.55. The lowest BCUT2D eigenvalue weighted by molar-refractivity contribution is -0.119. The molecular formula is C22H27N5O6S2. The van der Waals surface area contributed by atoms with Gasteiger partial charge in [0.1, 0.15) is 5.00 Å². The fraction of sp³-hybridized carbons (Fsp3) is 0.409. The van der Waals surface area contributed by atoms with Gasteiger partial charge < -0.3 is 15.0 Å². The van der Waals surface area contributed by atoms with E-state index in [9.17, 15) is 22.8 Å². The molecule has 4 rings (SSSR count). The van der Waals surface area contributed by atoms with Crippen molar-refractivity contribution in [2.75, 3.05) is 45.2 Å². The van der Waals surface area contributed by atoms with Crippen LogP contribution < -0.4 is 16.2 Å². The molecule has 0 radical (unpaired) electrons. The van der Waals surface area contributed by atoms with Crippen molar-refractivity contribution < 1.29 is 27.5 Å². The first kappa shape index (κ1) is 25.3. The number of ether oxygens (including phenoxy) is 1. The number of hydrogen-bond acceptors (Lipinski definition) is 8. The van der Waals surface area contributed by atoms with Gasteiger partial charge in [-0.1, -0.05) is 0 Å². The monoisotopic (exact) mass is 521 g/mol. The van der Waals surface area contributed by atoms with Gasteiger partial charge in [0.05, 0.1) is 23.7 Å². The molecule has 35 heavy (non-hydrogen) atoms. The third kappa shape index (κ3) is 5.54. The van der Waals surface area contributed by atoms with Gasteiger partial charge in [-0.2, -0.15) is 4.31 Å². The molecule has 2 aliphatic rings. The zero-order chi connectivity index (χ0) is 25.2. The number of likely N-dealkylation sites (N-methyl/N-ethyl adjacent to an activating group) is 1. The highest BCUT2D eigenvalue weighted by atomic mass is 32.2. The van der Waals surface area contributed by atoms with Crippen molar-refractivity contribution in [3.05, 3.63) is 45.8 Å². The van der Waals surface area contributed by atoms with Crippen molar-refractivity contribution in [1.29, 1.82) is 0 Å². The molecule has 188 valence electrons. The molecular weight excluding hydrogens is 494 g/mol. The number of sulfonamides is 1. The summed E-state index contributed by atoms with van der Waals surface area (Å²) in [5, 5.41) is 3.18. The molecule has 1 saturated heterocycles. The second-order valence-electron chi connectivity index (χ2n) is 8.33. The maximum atomic E-state index is 13.0. The molecule has 3 amide bonds. The summed E-state index contributed by atoms with van der Waals surface area (Å²) in [4.78, 5) is 40.3. The number of benzene rings is 1. The maximum Gasteiger partial charge on any atom is 0.272 e. The molecule has 0 unspecified atom stereocenters. The van der Waals surface area contributed by atoms with E-state index in [0.29, 0.717) is 36.7 Å². The SMILES string of the molecule is CC(=O)NNC(=O)c1c(NC(=O)c2ccc(S(=O)(=O)N3CCOCC3)cc2)sc2c1CCN(C)C2. The predicted molar refractivity (Wildman–Crippen MR) is 130 cm³/mol. The Morgan fingerprint density at radius 3 is 2.34 bits per heavy atom. The van der Waals surface area contributed by atoms with Gasteiger partial charge in [0.25, 0.3) is 11.8 Å². The average molecular weight is 522 g/mol. The van der Waals surface area contributed by atoms with Crippen LogP contribution in [-0.4, -0.2) is 75.2 Å². The third-order valence-electron chi connectivity index (χ3n) is 5.78. The summed E-state index contributed by atoms with van der Waals surface area (Å²) >= 11 is 1.32. The Labute approximate surface area is 207 Å². The lowest BCUT2D eigenvalue weighted by Crippen LogP contribution is -2.41. The van der Waals surface area contributed by atoms with Crippen LogP contribution in [0.1, 0.15) is 38.1 Å². The van der Waals surface area contributed by atoms with Crippen molar-refractivity contribution in [2.45, 2.75) is 24.8 Å². The van der Waals surface area contributed by atoms with Crippen LogP contribution in [-0.2, 0) is 32.5 Å². The highest BCUT2D eigenvalue weighted by Gasteiger charge is 2.29. The van der Waals surface area contributed by atoms with Crippen LogP contribution >= 0.6 is 11.3 Å². The summed E-state index contributed by atoms with van der Waals surface area (Å²) in [6, 6.07) is 5.69. The van der Waals surface area contributed by atoms with Crippen LogP contribution in [0.25, 0.3) is 0 Å². The number of amides is 3. The Kier molecular flexibility index (Phi) is 7.52. The molecule has 1 aromatic carbocycles. The topological polar surface area (TPSA) is 137 Å². The lowest BCUT2D eigenvalue weighted by Gasteiger charge is -2.26. The Morgan fingerprint density at radius 2 is 1.69 bits per heavy atom. The molecule has 13 heteroatoms. The molecule has 0 bridgehead atoms. The summed E-state index contributed by atoms with van der Waals surface area (Å²) in [5.41, 5.74) is 6.08. The van der Waals surface area contributed by atoms with Crippen LogP contribution in [0, 0.1) is 0 Å². The van der Waals surface area contributed by atoms with Crippen molar-refractivity contribution in [1.82, 2.24) is 20.1 Å². The smallest absolute Gasteiger partial charge is 0.272 e. The average Bonchev–Trinajstić information content (AvgIpc) is 3.19. The molecule has 0 atom stereocenters. The molecule has 1 fully saturated rings. The first-order valence-corrected chi connectivity index (χ1v) is 13.3. The van der Waals surface area contributed by atoms with E-state index in [2.05, 4.69) is 21.1 Å². The minimum Gasteiger partial charge on any atom is -0.379 e. The van der Waals surface area contributed by atoms with Gasteiger partial charge in [0.2, 0.25) is 15.9 Å². The molecule has 2 aromatic rings. The zero-order valence-electron chi connectivity index (χ0n) is 19.4. The van der Waals surface area contributed by atoms with E-state index in [-0.39, 0.29) is 23.5 Å². The largest absolute Gasteiger partial charge is 0.379 e. The lowest BCUT2D eigenvalue weighted by atomic mass is 10.0. The standard InChI is InChI=1S/C22H27N5O6S2/c1-14(28)24-25-21(30)19-17-7-8-26(2)13-18(17)34-22(19)23-20(29)15-3-5-16(6-4-15)35(31,32)27-9-11-33-12-10-27/h3-6H,7-13H2,1-2H3,(H,23,29)(H,24,28)(H,25,30). The molecule has 0 spiro atoms. The molecule has 1 aromatic heterocycles. The number of anilines is 1. The number of hydrazine groups is 1. The minimum absolute atomic E-state index is 0.0981. The summed E-state index contributed by atoms with van der Waals surface area (Å²) < 4.78 is 32.2. The van der Waals surface area contributed by atoms with Crippen molar-refractivity contribution in [2.24, 2.45) is 0 Å². The van der Waals surface area contributed by atoms with E-state index < -0.39 is 27.7 Å². The number of thiophene rings is 1. The normalized spacial score (nSPS) is 16.9. The van der Waals surface area contributed by atoms with Crippen LogP contribution in [0.5, 0.6) is 0 Å². The van der Waals surface area contributed by atoms with Crippen LogP contribution in [0.2, 0.25) is 0 Å². The number of carbonyl (C=O) groups is 3. The van der Waals surface area contributed by atoms with Gasteiger partial charge in [-0.3, -0.25) is 25.2 Å². The second-order valence-corrected chi connectivity index (χ2v) is 11.4. The Bertz CT molecular complexity index is 1240. The maximum absolute atomic E-state index is 13.0. The van der Waals surface area contributed by atoms with E-state index in [1.54, 1.807) is 0 Å². The predicted octanol–water partition coefficient (Wildman–Crippen LogP) is 0.790. The molecule has 3 heterocycles. The van der Waals surface area contributed by atoms with Crippen molar-refractivity contribution in [3.63, 3.8) is 0 Å². The summed E-state index contributed by atoms with van der Waals surface area (Å²) in [6.07, 6.45) is 0.634. The van der Waals surface area contributed by atoms with Crippen LogP contribution in [0.4, 0.5) is 5.00 Å². The van der Waals surface area contributed by atoms with E-state index in [1.165, 1.54) is 46.8 Å². The first-order chi connectivity index (χ1) is 16.7. The van der Waals surface area contributed by atoms with Crippen molar-refractivity contribution >= 4 is 44.1 Å². The summed E-state index contributed by atoms with van der Waals surface area (Å²) in [6.45, 7) is 3.94. The van der Waals surface area contributed by atoms with Crippen LogP contribution in [0.3, 0.4) is 0 Å². The van der Waals surface area contributed by atoms with E-state index >= 15 is 0 Å². The number of rotatable bonds is 5. The van der Waals surface area contributed by atoms with Gasteiger partial charge in [-0.15, -0.1) is 11.3 Å². The minimum atomic E-state index is -3.67. The highest BCUT2D eigenvalue weighted by molar-refractivity contribution is 7.89.